The molecule has 31 heavy (non-hydrogen) atoms. The summed E-state index contributed by atoms with van der Waals surface area (Å²) < 4.78 is 2.45. The van der Waals surface area contributed by atoms with Crippen molar-refractivity contribution in [1.82, 2.24) is 9.38 Å². The van der Waals surface area contributed by atoms with Gasteiger partial charge in [-0.2, -0.15) is 0 Å². The van der Waals surface area contributed by atoms with Crippen LogP contribution in [0.25, 0.3) is 70.5 Å². The minimum Gasteiger partial charge on any atom is -0.308 e. The van der Waals surface area contributed by atoms with Crippen LogP contribution in [-0.4, -0.2) is 9.38 Å². The van der Waals surface area contributed by atoms with Gasteiger partial charge in [-0.25, -0.2) is 0 Å². The van der Waals surface area contributed by atoms with Gasteiger partial charge in [-0.05, 0) is 35.0 Å². The molecular weight excluding hydrogens is 376 g/mol. The van der Waals surface area contributed by atoms with Gasteiger partial charge < -0.3 is 4.40 Å². The highest BCUT2D eigenvalue weighted by Gasteiger charge is 2.22. The molecule has 0 radical (unpaired) electrons. The maximum Gasteiger partial charge on any atom is 0.0787 e. The zero-order valence-electron chi connectivity index (χ0n) is 16.6. The number of pyridine rings is 1. The highest BCUT2D eigenvalue weighted by molar-refractivity contribution is 6.39. The minimum absolute atomic E-state index is 1.08. The average molecular weight is 392 g/mol. The van der Waals surface area contributed by atoms with Crippen molar-refractivity contribution in [3.8, 4) is 0 Å². The Kier molecular flexibility index (Phi) is 2.67. The maximum absolute atomic E-state index is 4.87. The summed E-state index contributed by atoms with van der Waals surface area (Å²) in [4.78, 5) is 4.87. The molecule has 142 valence electrons. The lowest BCUT2D eigenvalue weighted by atomic mass is 9.92. The molecule has 0 spiro atoms. The van der Waals surface area contributed by atoms with Crippen molar-refractivity contribution in [3.05, 3.63) is 97.2 Å². The zero-order chi connectivity index (χ0) is 20.1. The largest absolute Gasteiger partial charge is 0.308 e. The van der Waals surface area contributed by atoms with Gasteiger partial charge in [0.25, 0.3) is 0 Å². The lowest BCUT2D eigenvalue weighted by molar-refractivity contribution is 1.37. The molecule has 3 aromatic heterocycles. The highest BCUT2D eigenvalue weighted by Crippen LogP contribution is 2.46. The second-order valence-electron chi connectivity index (χ2n) is 8.39. The van der Waals surface area contributed by atoms with Crippen LogP contribution in [0.3, 0.4) is 0 Å². The first-order valence-electron chi connectivity index (χ1n) is 10.7. The van der Waals surface area contributed by atoms with E-state index in [2.05, 4.69) is 89.3 Å². The summed E-state index contributed by atoms with van der Waals surface area (Å²) in [7, 11) is 0. The van der Waals surface area contributed by atoms with Crippen molar-refractivity contribution in [2.45, 2.75) is 0 Å². The number of aromatic nitrogens is 2. The van der Waals surface area contributed by atoms with E-state index >= 15 is 0 Å². The lowest BCUT2D eigenvalue weighted by Gasteiger charge is -2.11. The van der Waals surface area contributed by atoms with Crippen LogP contribution in [0.1, 0.15) is 0 Å². The molecule has 0 N–H and O–H groups in total. The summed E-state index contributed by atoms with van der Waals surface area (Å²) >= 11 is 0. The molecule has 3 heterocycles. The summed E-state index contributed by atoms with van der Waals surface area (Å²) in [6.07, 6.45) is 1.91. The number of rotatable bonds is 0. The summed E-state index contributed by atoms with van der Waals surface area (Å²) in [5.41, 5.74) is 4.92. The van der Waals surface area contributed by atoms with Crippen molar-refractivity contribution in [1.29, 1.82) is 0 Å². The fraction of sp³-hybridized carbons (Fsp3) is 0. The smallest absolute Gasteiger partial charge is 0.0787 e. The molecule has 0 bridgehead atoms. The Balaban J connectivity index is 1.87. The van der Waals surface area contributed by atoms with Gasteiger partial charge in [0.1, 0.15) is 0 Å². The Morgan fingerprint density at radius 2 is 1.13 bits per heavy atom. The molecule has 0 unspecified atom stereocenters. The summed E-state index contributed by atoms with van der Waals surface area (Å²) in [6, 6.07) is 32.9. The Hall–Kier alpha value is -4.17. The third kappa shape index (κ3) is 1.74. The van der Waals surface area contributed by atoms with E-state index in [1.54, 1.807) is 0 Å². The molecule has 0 fully saturated rings. The zero-order valence-corrected chi connectivity index (χ0v) is 16.6. The Morgan fingerprint density at radius 3 is 1.97 bits per heavy atom. The second kappa shape index (κ2) is 5.30. The van der Waals surface area contributed by atoms with Crippen molar-refractivity contribution < 1.29 is 0 Å². The van der Waals surface area contributed by atoms with Gasteiger partial charge in [0.05, 0.1) is 22.1 Å². The van der Waals surface area contributed by atoms with Crippen LogP contribution in [0.5, 0.6) is 0 Å². The SMILES string of the molecule is c1ccc2c(c1)c1cccnc1c1cc3c4ccccc4n4c5ccccc5c(c21)c34. The maximum atomic E-state index is 4.87. The first kappa shape index (κ1) is 15.6. The second-order valence-corrected chi connectivity index (χ2v) is 8.39. The molecule has 8 rings (SSSR count). The molecule has 5 aromatic carbocycles. The number of hydrogen-bond donors (Lipinski definition) is 0. The quantitative estimate of drug-likeness (QED) is 0.242. The number of benzene rings is 5. The standard InChI is InChI=1S/C29H16N2/c1-2-10-19-17(8-1)20-12-7-15-30-28(20)23-16-22-18-9-3-5-13-24(18)31-25-14-6-4-11-21(25)27(26(19)23)29(22)31/h1-16H. The summed E-state index contributed by atoms with van der Waals surface area (Å²) in [6.45, 7) is 0. The molecular formula is C29H16N2. The third-order valence-electron chi connectivity index (χ3n) is 6.92. The normalized spacial score (nSPS) is 12.5. The van der Waals surface area contributed by atoms with Gasteiger partial charge in [0, 0.05) is 43.9 Å². The van der Waals surface area contributed by atoms with E-state index in [9.17, 15) is 0 Å². The predicted octanol–water partition coefficient (Wildman–Crippen LogP) is 7.69. The van der Waals surface area contributed by atoms with Gasteiger partial charge in [-0.1, -0.05) is 66.7 Å². The monoisotopic (exact) mass is 392 g/mol. The van der Waals surface area contributed by atoms with E-state index in [1.807, 2.05) is 12.3 Å². The van der Waals surface area contributed by atoms with Gasteiger partial charge in [-0.15, -0.1) is 0 Å². The molecule has 0 saturated carbocycles. The number of nitrogens with zero attached hydrogens (tertiary/aromatic N) is 2. The highest BCUT2D eigenvalue weighted by atomic mass is 14.9. The van der Waals surface area contributed by atoms with Gasteiger partial charge in [-0.3, -0.25) is 4.98 Å². The van der Waals surface area contributed by atoms with Crippen LogP contribution in [0, 0.1) is 0 Å². The van der Waals surface area contributed by atoms with E-state index in [4.69, 9.17) is 4.98 Å². The van der Waals surface area contributed by atoms with Crippen molar-refractivity contribution in [2.75, 3.05) is 0 Å². The topological polar surface area (TPSA) is 17.3 Å². The van der Waals surface area contributed by atoms with Crippen LogP contribution < -0.4 is 0 Å². The summed E-state index contributed by atoms with van der Waals surface area (Å²) in [5.74, 6) is 0. The predicted molar refractivity (Wildman–Crippen MR) is 131 cm³/mol. The van der Waals surface area contributed by atoms with Crippen LogP contribution in [0.4, 0.5) is 0 Å². The van der Waals surface area contributed by atoms with E-state index in [-0.39, 0.29) is 0 Å². The Labute approximate surface area is 177 Å². The summed E-state index contributed by atoms with van der Waals surface area (Å²) in [5, 5.41) is 11.6. The molecule has 0 amide bonds. The first-order chi connectivity index (χ1) is 15.4. The first-order valence-corrected chi connectivity index (χ1v) is 10.7. The van der Waals surface area contributed by atoms with Crippen molar-refractivity contribution in [2.24, 2.45) is 0 Å². The third-order valence-corrected chi connectivity index (χ3v) is 6.92. The van der Waals surface area contributed by atoms with E-state index in [0.717, 1.165) is 5.52 Å². The molecule has 0 aliphatic rings. The number of fused-ring (bicyclic) bond motifs is 13. The van der Waals surface area contributed by atoms with E-state index < -0.39 is 0 Å². The van der Waals surface area contributed by atoms with Crippen LogP contribution in [-0.2, 0) is 0 Å². The van der Waals surface area contributed by atoms with Crippen molar-refractivity contribution in [3.63, 3.8) is 0 Å². The fourth-order valence-electron chi connectivity index (χ4n) is 5.76. The van der Waals surface area contributed by atoms with E-state index in [1.165, 1.54) is 65.0 Å². The molecule has 0 saturated heterocycles. The van der Waals surface area contributed by atoms with Crippen LogP contribution >= 0.6 is 0 Å². The molecule has 2 nitrogen and oxygen atoms in total. The Morgan fingerprint density at radius 1 is 0.484 bits per heavy atom. The van der Waals surface area contributed by atoms with Crippen LogP contribution in [0.2, 0.25) is 0 Å². The van der Waals surface area contributed by atoms with Crippen LogP contribution in [0.15, 0.2) is 97.2 Å². The van der Waals surface area contributed by atoms with Crippen molar-refractivity contribution >= 4 is 70.5 Å². The minimum atomic E-state index is 1.08. The van der Waals surface area contributed by atoms with Gasteiger partial charge in [0.2, 0.25) is 0 Å². The molecule has 0 aliphatic heterocycles. The molecule has 0 aliphatic carbocycles. The Bertz CT molecular complexity index is 1990. The van der Waals surface area contributed by atoms with E-state index in [0.29, 0.717) is 0 Å². The molecule has 2 heteroatoms. The number of para-hydroxylation sites is 2. The van der Waals surface area contributed by atoms with Gasteiger partial charge >= 0.3 is 0 Å². The average Bonchev–Trinajstić information content (AvgIpc) is 3.35. The molecule has 0 atom stereocenters. The fourth-order valence-corrected chi connectivity index (χ4v) is 5.76. The van der Waals surface area contributed by atoms with Gasteiger partial charge in [0.15, 0.2) is 0 Å². The lowest BCUT2D eigenvalue weighted by Crippen LogP contribution is -1.87. The molecule has 8 aromatic rings. The number of hydrogen-bond acceptors (Lipinski definition) is 1.